The first-order valence-corrected chi connectivity index (χ1v) is 9.16. The molecule has 2 aliphatic heterocycles. The lowest BCUT2D eigenvalue weighted by Gasteiger charge is -2.34. The fourth-order valence-electron chi connectivity index (χ4n) is 3.74. The molecule has 1 atom stereocenters. The van der Waals surface area contributed by atoms with E-state index in [1.807, 2.05) is 17.9 Å². The van der Waals surface area contributed by atoms with E-state index in [9.17, 15) is 4.79 Å². The second-order valence-electron chi connectivity index (χ2n) is 7.03. The minimum absolute atomic E-state index is 0.0542. The lowest BCUT2D eigenvalue weighted by atomic mass is 10.2. The van der Waals surface area contributed by atoms with Crippen LogP contribution in [0.4, 0.5) is 0 Å². The van der Waals surface area contributed by atoms with Crippen LogP contribution >= 0.6 is 0 Å². The fraction of sp³-hybridized carbons (Fsp3) is 0.722. The number of likely N-dealkylation sites (tertiary alicyclic amines) is 1. The van der Waals surface area contributed by atoms with Crippen molar-refractivity contribution in [1.29, 1.82) is 0 Å². The minimum atomic E-state index is 0.0542. The van der Waals surface area contributed by atoms with Crippen molar-refractivity contribution in [1.82, 2.24) is 24.7 Å². The molecule has 2 fully saturated rings. The Hall–Kier alpha value is -1.53. The SMILES string of the molecule is CCCN1CCN(C(=O)c2cc(C)nc(C3CCCN3C)n2)CC1. The van der Waals surface area contributed by atoms with Crippen LogP contribution in [-0.2, 0) is 0 Å². The van der Waals surface area contributed by atoms with Crippen LogP contribution in [-0.4, -0.2) is 76.9 Å². The van der Waals surface area contributed by atoms with Crippen LogP contribution in [0, 0.1) is 6.92 Å². The Balaban J connectivity index is 1.72. The molecule has 3 rings (SSSR count). The molecule has 6 nitrogen and oxygen atoms in total. The van der Waals surface area contributed by atoms with Gasteiger partial charge in [0, 0.05) is 31.9 Å². The van der Waals surface area contributed by atoms with Crippen LogP contribution < -0.4 is 0 Å². The van der Waals surface area contributed by atoms with Crippen LogP contribution in [0.1, 0.15) is 54.2 Å². The first-order valence-electron chi connectivity index (χ1n) is 9.16. The highest BCUT2D eigenvalue weighted by atomic mass is 16.2. The van der Waals surface area contributed by atoms with E-state index in [0.717, 1.165) is 63.6 Å². The summed E-state index contributed by atoms with van der Waals surface area (Å²) in [4.78, 5) is 28.8. The number of aromatic nitrogens is 2. The maximum absolute atomic E-state index is 12.9. The molecule has 24 heavy (non-hydrogen) atoms. The molecule has 0 bridgehead atoms. The van der Waals surface area contributed by atoms with E-state index in [2.05, 4.69) is 33.7 Å². The van der Waals surface area contributed by atoms with E-state index in [4.69, 9.17) is 0 Å². The van der Waals surface area contributed by atoms with Gasteiger partial charge in [0.15, 0.2) is 0 Å². The Morgan fingerprint density at radius 1 is 1.21 bits per heavy atom. The molecule has 1 unspecified atom stereocenters. The average Bonchev–Trinajstić information content (AvgIpc) is 3.01. The van der Waals surface area contributed by atoms with Crippen LogP contribution in [0.5, 0.6) is 0 Å². The number of hydrogen-bond donors (Lipinski definition) is 0. The van der Waals surface area contributed by atoms with Crippen molar-refractivity contribution < 1.29 is 4.79 Å². The molecular weight excluding hydrogens is 302 g/mol. The predicted molar refractivity (Wildman–Crippen MR) is 94.0 cm³/mol. The molecule has 0 N–H and O–H groups in total. The van der Waals surface area contributed by atoms with Gasteiger partial charge in [-0.1, -0.05) is 6.92 Å². The highest BCUT2D eigenvalue weighted by Gasteiger charge is 2.28. The molecule has 1 amide bonds. The van der Waals surface area contributed by atoms with Crippen LogP contribution in [0.15, 0.2) is 6.07 Å². The smallest absolute Gasteiger partial charge is 0.272 e. The Bertz CT molecular complexity index is 583. The van der Waals surface area contributed by atoms with Crippen molar-refractivity contribution in [2.45, 2.75) is 39.2 Å². The van der Waals surface area contributed by atoms with E-state index in [1.54, 1.807) is 0 Å². The first-order chi connectivity index (χ1) is 11.6. The van der Waals surface area contributed by atoms with Gasteiger partial charge in [-0.25, -0.2) is 9.97 Å². The molecule has 132 valence electrons. The third-order valence-corrected chi connectivity index (χ3v) is 5.11. The summed E-state index contributed by atoms with van der Waals surface area (Å²) in [5.74, 6) is 0.863. The number of piperazine rings is 1. The van der Waals surface area contributed by atoms with Crippen LogP contribution in [0.25, 0.3) is 0 Å². The van der Waals surface area contributed by atoms with Gasteiger partial charge in [-0.05, 0) is 52.4 Å². The Labute approximate surface area is 144 Å². The van der Waals surface area contributed by atoms with Gasteiger partial charge in [0.05, 0.1) is 6.04 Å². The largest absolute Gasteiger partial charge is 0.335 e. The second-order valence-corrected chi connectivity index (χ2v) is 7.03. The number of hydrogen-bond acceptors (Lipinski definition) is 5. The zero-order chi connectivity index (χ0) is 17.1. The average molecular weight is 331 g/mol. The number of amides is 1. The number of carbonyl (C=O) groups excluding carboxylic acids is 1. The molecule has 3 heterocycles. The maximum Gasteiger partial charge on any atom is 0.272 e. The summed E-state index contributed by atoms with van der Waals surface area (Å²) in [6.45, 7) is 9.85. The van der Waals surface area contributed by atoms with Gasteiger partial charge in [0.25, 0.3) is 5.91 Å². The summed E-state index contributed by atoms with van der Waals surface area (Å²) in [6, 6.07) is 2.08. The van der Waals surface area contributed by atoms with Gasteiger partial charge in [0.1, 0.15) is 11.5 Å². The Kier molecular flexibility index (Phi) is 5.46. The summed E-state index contributed by atoms with van der Waals surface area (Å²) < 4.78 is 0. The fourth-order valence-corrected chi connectivity index (χ4v) is 3.74. The molecule has 0 saturated carbocycles. The molecule has 0 aliphatic carbocycles. The molecule has 0 radical (unpaired) electrons. The molecule has 6 heteroatoms. The van der Waals surface area contributed by atoms with Crippen LogP contribution in [0.2, 0.25) is 0 Å². The number of carbonyl (C=O) groups is 1. The van der Waals surface area contributed by atoms with Crippen molar-refractivity contribution in [3.8, 4) is 0 Å². The highest BCUT2D eigenvalue weighted by molar-refractivity contribution is 5.92. The third-order valence-electron chi connectivity index (χ3n) is 5.11. The summed E-state index contributed by atoms with van der Waals surface area (Å²) in [5.41, 5.74) is 1.44. The zero-order valence-corrected chi connectivity index (χ0v) is 15.2. The Morgan fingerprint density at radius 2 is 1.96 bits per heavy atom. The summed E-state index contributed by atoms with van der Waals surface area (Å²) in [6.07, 6.45) is 3.40. The predicted octanol–water partition coefficient (Wildman–Crippen LogP) is 1.72. The normalized spacial score (nSPS) is 23.0. The third kappa shape index (κ3) is 3.75. The maximum atomic E-state index is 12.9. The van der Waals surface area contributed by atoms with E-state index in [0.29, 0.717) is 5.69 Å². The van der Waals surface area contributed by atoms with Crippen molar-refractivity contribution in [2.24, 2.45) is 0 Å². The van der Waals surface area contributed by atoms with Gasteiger partial charge >= 0.3 is 0 Å². The highest BCUT2D eigenvalue weighted by Crippen LogP contribution is 2.28. The molecule has 1 aromatic rings. The second kappa shape index (κ2) is 7.57. The summed E-state index contributed by atoms with van der Waals surface area (Å²) in [5, 5.41) is 0. The van der Waals surface area contributed by atoms with E-state index in [-0.39, 0.29) is 11.9 Å². The number of aryl methyl sites for hydroxylation is 1. The Morgan fingerprint density at radius 3 is 2.58 bits per heavy atom. The molecule has 2 aliphatic rings. The zero-order valence-electron chi connectivity index (χ0n) is 15.2. The lowest BCUT2D eigenvalue weighted by molar-refractivity contribution is 0.0630. The summed E-state index contributed by atoms with van der Waals surface area (Å²) in [7, 11) is 2.11. The van der Waals surface area contributed by atoms with Gasteiger partial charge < -0.3 is 4.90 Å². The van der Waals surface area contributed by atoms with Crippen molar-refractivity contribution in [3.63, 3.8) is 0 Å². The van der Waals surface area contributed by atoms with E-state index in [1.165, 1.54) is 6.42 Å². The number of rotatable bonds is 4. The standard InChI is InChI=1S/C18H29N5O/c1-4-7-22-9-11-23(12-10-22)18(24)15-13-14(2)19-17(20-15)16-6-5-8-21(16)3/h13,16H,4-12H2,1-3H3. The van der Waals surface area contributed by atoms with Gasteiger partial charge in [0.2, 0.25) is 0 Å². The number of nitrogens with zero attached hydrogens (tertiary/aromatic N) is 5. The van der Waals surface area contributed by atoms with Crippen molar-refractivity contribution >= 4 is 5.91 Å². The molecular formula is C18H29N5O. The molecule has 1 aromatic heterocycles. The van der Waals surface area contributed by atoms with Crippen molar-refractivity contribution in [3.05, 3.63) is 23.3 Å². The molecule has 2 saturated heterocycles. The lowest BCUT2D eigenvalue weighted by Crippen LogP contribution is -2.49. The van der Waals surface area contributed by atoms with E-state index >= 15 is 0 Å². The monoisotopic (exact) mass is 331 g/mol. The summed E-state index contributed by atoms with van der Waals surface area (Å²) >= 11 is 0. The first kappa shape index (κ1) is 17.3. The molecule has 0 spiro atoms. The van der Waals surface area contributed by atoms with Gasteiger partial charge in [-0.2, -0.15) is 0 Å². The minimum Gasteiger partial charge on any atom is -0.335 e. The van der Waals surface area contributed by atoms with E-state index < -0.39 is 0 Å². The van der Waals surface area contributed by atoms with Crippen LogP contribution in [0.3, 0.4) is 0 Å². The van der Waals surface area contributed by atoms with Crippen molar-refractivity contribution in [2.75, 3.05) is 46.3 Å². The quantitative estimate of drug-likeness (QED) is 0.841. The molecule has 0 aromatic carbocycles. The van der Waals surface area contributed by atoms with Gasteiger partial charge in [-0.3, -0.25) is 14.6 Å². The van der Waals surface area contributed by atoms with Gasteiger partial charge in [-0.15, -0.1) is 0 Å². The topological polar surface area (TPSA) is 52.6 Å².